The Morgan fingerprint density at radius 2 is 1.96 bits per heavy atom. The Morgan fingerprint density at radius 3 is 2.58 bits per heavy atom. The summed E-state index contributed by atoms with van der Waals surface area (Å²) in [7, 11) is 0. The lowest BCUT2D eigenvalue weighted by molar-refractivity contribution is -0.137. The number of nitrogens with zero attached hydrogens (tertiary/aromatic N) is 1. The molecule has 132 valence electrons. The van der Waals surface area contributed by atoms with Gasteiger partial charge in [0.05, 0.1) is 24.2 Å². The maximum Gasteiger partial charge on any atom is 0.416 e. The summed E-state index contributed by atoms with van der Waals surface area (Å²) in [5.41, 5.74) is -1.03. The molecular formula is C17H21F3N2O2. The van der Waals surface area contributed by atoms with Crippen molar-refractivity contribution in [2.45, 2.75) is 24.4 Å². The molecule has 1 saturated heterocycles. The van der Waals surface area contributed by atoms with Crippen LogP contribution >= 0.6 is 0 Å². The van der Waals surface area contributed by atoms with Crippen LogP contribution in [-0.4, -0.2) is 50.2 Å². The van der Waals surface area contributed by atoms with E-state index >= 15 is 0 Å². The van der Waals surface area contributed by atoms with Crippen molar-refractivity contribution in [3.63, 3.8) is 0 Å². The number of ether oxygens (including phenoxy) is 1. The number of amides is 1. The minimum absolute atomic E-state index is 0.171. The zero-order valence-electron chi connectivity index (χ0n) is 13.4. The molecule has 0 bridgehead atoms. The van der Waals surface area contributed by atoms with E-state index in [4.69, 9.17) is 4.74 Å². The van der Waals surface area contributed by atoms with Gasteiger partial charge in [-0.3, -0.25) is 9.69 Å². The SMILES string of the molecule is O=C(NCCN1CCOCC1)C1(c2cccc(C(F)(F)F)c2)CC1. The Kier molecular flexibility index (Phi) is 4.83. The molecule has 24 heavy (non-hydrogen) atoms. The number of carbonyl (C=O) groups excluding carboxylic acids is 1. The second kappa shape index (κ2) is 6.72. The molecule has 2 fully saturated rings. The highest BCUT2D eigenvalue weighted by atomic mass is 19.4. The van der Waals surface area contributed by atoms with Gasteiger partial charge in [0.15, 0.2) is 0 Å². The fourth-order valence-corrected chi connectivity index (χ4v) is 3.09. The van der Waals surface area contributed by atoms with Gasteiger partial charge in [-0.1, -0.05) is 18.2 Å². The Hall–Kier alpha value is -1.60. The molecule has 1 saturated carbocycles. The van der Waals surface area contributed by atoms with Gasteiger partial charge in [0.2, 0.25) is 5.91 Å². The molecular weight excluding hydrogens is 321 g/mol. The summed E-state index contributed by atoms with van der Waals surface area (Å²) in [6, 6.07) is 5.13. The Balaban J connectivity index is 1.60. The summed E-state index contributed by atoms with van der Waals surface area (Å²) < 4.78 is 43.9. The van der Waals surface area contributed by atoms with E-state index in [9.17, 15) is 18.0 Å². The van der Waals surface area contributed by atoms with Crippen LogP contribution < -0.4 is 5.32 Å². The number of alkyl halides is 3. The zero-order chi connectivity index (χ0) is 17.2. The van der Waals surface area contributed by atoms with Crippen LogP contribution in [0.3, 0.4) is 0 Å². The summed E-state index contributed by atoms with van der Waals surface area (Å²) in [5.74, 6) is -0.171. The fraction of sp³-hybridized carbons (Fsp3) is 0.588. The average Bonchev–Trinajstić information content (AvgIpc) is 3.37. The van der Waals surface area contributed by atoms with Crippen molar-refractivity contribution in [1.29, 1.82) is 0 Å². The number of hydrogen-bond acceptors (Lipinski definition) is 3. The Bertz CT molecular complexity index is 594. The largest absolute Gasteiger partial charge is 0.416 e. The van der Waals surface area contributed by atoms with E-state index in [1.807, 2.05) is 0 Å². The number of halogens is 3. The van der Waals surface area contributed by atoms with Crippen molar-refractivity contribution in [3.05, 3.63) is 35.4 Å². The first-order valence-electron chi connectivity index (χ1n) is 8.18. The van der Waals surface area contributed by atoms with Gasteiger partial charge in [-0.25, -0.2) is 0 Å². The number of nitrogens with one attached hydrogen (secondary N) is 1. The molecule has 1 aliphatic carbocycles. The molecule has 1 heterocycles. The molecule has 0 aromatic heterocycles. The number of morpholine rings is 1. The lowest BCUT2D eigenvalue weighted by Crippen LogP contribution is -2.43. The zero-order valence-corrected chi connectivity index (χ0v) is 13.4. The first-order chi connectivity index (χ1) is 11.4. The van der Waals surface area contributed by atoms with Gasteiger partial charge in [-0.2, -0.15) is 13.2 Å². The van der Waals surface area contributed by atoms with E-state index < -0.39 is 17.2 Å². The maximum absolute atomic E-state index is 12.9. The molecule has 3 rings (SSSR count). The van der Waals surface area contributed by atoms with Crippen molar-refractivity contribution < 1.29 is 22.7 Å². The first kappa shape index (κ1) is 17.2. The molecule has 1 aromatic rings. The minimum Gasteiger partial charge on any atom is -0.379 e. The van der Waals surface area contributed by atoms with E-state index in [0.29, 0.717) is 38.2 Å². The molecule has 0 spiro atoms. The minimum atomic E-state index is -4.39. The van der Waals surface area contributed by atoms with Crippen LogP contribution in [0.15, 0.2) is 24.3 Å². The molecule has 1 N–H and O–H groups in total. The highest BCUT2D eigenvalue weighted by Crippen LogP contribution is 2.49. The van der Waals surface area contributed by atoms with Gasteiger partial charge in [0.1, 0.15) is 0 Å². The number of carbonyl (C=O) groups is 1. The molecule has 0 atom stereocenters. The Morgan fingerprint density at radius 1 is 1.25 bits per heavy atom. The monoisotopic (exact) mass is 342 g/mol. The highest BCUT2D eigenvalue weighted by Gasteiger charge is 2.51. The van der Waals surface area contributed by atoms with E-state index in [1.54, 1.807) is 6.07 Å². The van der Waals surface area contributed by atoms with Gasteiger partial charge in [-0.05, 0) is 24.5 Å². The van der Waals surface area contributed by atoms with Crippen LogP contribution in [0, 0.1) is 0 Å². The molecule has 7 heteroatoms. The summed E-state index contributed by atoms with van der Waals surface area (Å²) >= 11 is 0. The summed E-state index contributed by atoms with van der Waals surface area (Å²) in [4.78, 5) is 14.7. The molecule has 1 amide bonds. The fourth-order valence-electron chi connectivity index (χ4n) is 3.09. The first-order valence-corrected chi connectivity index (χ1v) is 8.18. The van der Waals surface area contributed by atoms with E-state index in [2.05, 4.69) is 10.2 Å². The van der Waals surface area contributed by atoms with Gasteiger partial charge in [0.25, 0.3) is 0 Å². The third-order valence-corrected chi connectivity index (χ3v) is 4.74. The van der Waals surface area contributed by atoms with Crippen LogP contribution in [0.4, 0.5) is 13.2 Å². The van der Waals surface area contributed by atoms with E-state index in [1.165, 1.54) is 6.07 Å². The van der Waals surface area contributed by atoms with Crippen molar-refractivity contribution in [1.82, 2.24) is 10.2 Å². The smallest absolute Gasteiger partial charge is 0.379 e. The molecule has 1 aromatic carbocycles. The van der Waals surface area contributed by atoms with Crippen molar-refractivity contribution in [3.8, 4) is 0 Å². The molecule has 0 radical (unpaired) electrons. The number of hydrogen-bond donors (Lipinski definition) is 1. The maximum atomic E-state index is 12.9. The third-order valence-electron chi connectivity index (χ3n) is 4.74. The van der Waals surface area contributed by atoms with Crippen molar-refractivity contribution >= 4 is 5.91 Å². The van der Waals surface area contributed by atoms with E-state index in [-0.39, 0.29) is 5.91 Å². The molecule has 0 unspecified atom stereocenters. The third kappa shape index (κ3) is 3.72. The lowest BCUT2D eigenvalue weighted by atomic mass is 9.93. The van der Waals surface area contributed by atoms with Crippen LogP contribution in [0.2, 0.25) is 0 Å². The van der Waals surface area contributed by atoms with Gasteiger partial charge < -0.3 is 10.1 Å². The van der Waals surface area contributed by atoms with Crippen LogP contribution in [0.5, 0.6) is 0 Å². The van der Waals surface area contributed by atoms with Crippen molar-refractivity contribution in [2.24, 2.45) is 0 Å². The van der Waals surface area contributed by atoms with Gasteiger partial charge in [-0.15, -0.1) is 0 Å². The topological polar surface area (TPSA) is 41.6 Å². The molecule has 1 aliphatic heterocycles. The number of benzene rings is 1. The standard InChI is InChI=1S/C17H21F3N2O2/c18-17(19,20)14-3-1-2-13(12-14)16(4-5-16)15(23)21-6-7-22-8-10-24-11-9-22/h1-3,12H,4-11H2,(H,21,23). The van der Waals surface area contributed by atoms with Crippen LogP contribution in [-0.2, 0) is 21.1 Å². The van der Waals surface area contributed by atoms with E-state index in [0.717, 1.165) is 31.8 Å². The predicted molar refractivity (Wildman–Crippen MR) is 82.6 cm³/mol. The quantitative estimate of drug-likeness (QED) is 0.892. The van der Waals surface area contributed by atoms with Crippen molar-refractivity contribution in [2.75, 3.05) is 39.4 Å². The van der Waals surface area contributed by atoms with Gasteiger partial charge in [0, 0.05) is 26.2 Å². The highest BCUT2D eigenvalue weighted by molar-refractivity contribution is 5.91. The second-order valence-corrected chi connectivity index (χ2v) is 6.37. The summed E-state index contributed by atoms with van der Waals surface area (Å²) in [5, 5.41) is 2.89. The lowest BCUT2D eigenvalue weighted by Gasteiger charge is -2.27. The van der Waals surface area contributed by atoms with Crippen LogP contribution in [0.1, 0.15) is 24.0 Å². The van der Waals surface area contributed by atoms with Crippen LogP contribution in [0.25, 0.3) is 0 Å². The predicted octanol–water partition coefficient (Wildman–Crippen LogP) is 2.19. The number of rotatable bonds is 5. The summed E-state index contributed by atoms with van der Waals surface area (Å²) in [6.07, 6.45) is -3.20. The molecule has 4 nitrogen and oxygen atoms in total. The average molecular weight is 342 g/mol. The second-order valence-electron chi connectivity index (χ2n) is 6.37. The Labute approximate surface area is 139 Å². The normalized spacial score (nSPS) is 20.6. The molecule has 2 aliphatic rings. The summed E-state index contributed by atoms with van der Waals surface area (Å²) in [6.45, 7) is 4.31. The van der Waals surface area contributed by atoms with Gasteiger partial charge >= 0.3 is 6.18 Å².